The van der Waals surface area contributed by atoms with E-state index < -0.39 is 12.8 Å². The summed E-state index contributed by atoms with van der Waals surface area (Å²) in [6.07, 6.45) is -2.20. The molecule has 0 fully saturated rings. The largest absolute Gasteiger partial charge is 0.411 e. The molecule has 0 aromatic heterocycles. The van der Waals surface area contributed by atoms with Crippen molar-refractivity contribution in [3.05, 3.63) is 35.4 Å². The van der Waals surface area contributed by atoms with Gasteiger partial charge in [-0.2, -0.15) is 13.2 Å². The van der Waals surface area contributed by atoms with E-state index in [1.807, 2.05) is 12.1 Å². The molecule has 0 atom stereocenters. The molecule has 0 unspecified atom stereocenters. The zero-order valence-electron chi connectivity index (χ0n) is 9.18. The van der Waals surface area contributed by atoms with Crippen molar-refractivity contribution in [2.24, 2.45) is 0 Å². The van der Waals surface area contributed by atoms with Crippen LogP contribution in [0.1, 0.15) is 24.5 Å². The number of hydrogen-bond donors (Lipinski definition) is 0. The molecule has 0 aliphatic rings. The average Bonchev–Trinajstić information content (AvgIpc) is 2.19. The Morgan fingerprint density at radius 3 is 2.12 bits per heavy atom. The number of ether oxygens (including phenoxy) is 1. The molecule has 1 aromatic rings. The summed E-state index contributed by atoms with van der Waals surface area (Å²) in [5, 5.41) is 0. The maximum absolute atomic E-state index is 11.8. The van der Waals surface area contributed by atoms with Crippen molar-refractivity contribution in [1.29, 1.82) is 0 Å². The molecule has 0 amide bonds. The third-order valence-corrected chi connectivity index (χ3v) is 2.10. The molecule has 0 saturated heterocycles. The van der Waals surface area contributed by atoms with Crippen molar-refractivity contribution in [2.45, 2.75) is 32.5 Å². The summed E-state index contributed by atoms with van der Waals surface area (Å²) in [4.78, 5) is 0. The molecule has 0 spiro atoms. The molecule has 0 radical (unpaired) electrons. The topological polar surface area (TPSA) is 9.23 Å². The Labute approximate surface area is 93.2 Å². The van der Waals surface area contributed by atoms with Crippen LogP contribution in [0.3, 0.4) is 0 Å². The monoisotopic (exact) mass is 232 g/mol. The summed E-state index contributed by atoms with van der Waals surface area (Å²) < 4.78 is 40.0. The second kappa shape index (κ2) is 5.89. The van der Waals surface area contributed by atoms with E-state index >= 15 is 0 Å². The Bertz CT molecular complexity index is 303. The molecule has 0 heterocycles. The van der Waals surface area contributed by atoms with Gasteiger partial charge in [-0.15, -0.1) is 0 Å². The van der Waals surface area contributed by atoms with Gasteiger partial charge in [-0.1, -0.05) is 37.6 Å². The van der Waals surface area contributed by atoms with Crippen LogP contribution in [-0.4, -0.2) is 12.8 Å². The van der Waals surface area contributed by atoms with Crippen LogP contribution in [0, 0.1) is 0 Å². The van der Waals surface area contributed by atoms with Gasteiger partial charge in [0.05, 0.1) is 6.61 Å². The van der Waals surface area contributed by atoms with Crippen molar-refractivity contribution >= 4 is 0 Å². The van der Waals surface area contributed by atoms with Gasteiger partial charge in [0.15, 0.2) is 0 Å². The molecule has 0 bridgehead atoms. The Balaban J connectivity index is 2.37. The van der Waals surface area contributed by atoms with Crippen LogP contribution in [0.25, 0.3) is 0 Å². The fraction of sp³-hybridized carbons (Fsp3) is 0.500. The van der Waals surface area contributed by atoms with Crippen LogP contribution < -0.4 is 0 Å². The van der Waals surface area contributed by atoms with Gasteiger partial charge in [0.1, 0.15) is 6.61 Å². The van der Waals surface area contributed by atoms with Crippen LogP contribution in [-0.2, 0) is 17.8 Å². The molecule has 1 rings (SSSR count). The molecule has 1 aromatic carbocycles. The van der Waals surface area contributed by atoms with E-state index in [1.165, 1.54) is 5.56 Å². The highest BCUT2D eigenvalue weighted by molar-refractivity contribution is 5.22. The Morgan fingerprint density at radius 2 is 1.62 bits per heavy atom. The van der Waals surface area contributed by atoms with Gasteiger partial charge in [-0.3, -0.25) is 0 Å². The highest BCUT2D eigenvalue weighted by Gasteiger charge is 2.27. The van der Waals surface area contributed by atoms with E-state index in [4.69, 9.17) is 0 Å². The SMILES string of the molecule is CCCc1ccc(COCC(F)(F)F)cc1. The molecule has 1 nitrogen and oxygen atoms in total. The van der Waals surface area contributed by atoms with Gasteiger partial charge in [-0.25, -0.2) is 0 Å². The Hall–Kier alpha value is -1.03. The molecule has 0 saturated carbocycles. The lowest BCUT2D eigenvalue weighted by Crippen LogP contribution is -2.16. The molecular formula is C12H15F3O. The summed E-state index contributed by atoms with van der Waals surface area (Å²) in [7, 11) is 0. The van der Waals surface area contributed by atoms with Crippen LogP contribution in [0.2, 0.25) is 0 Å². The van der Waals surface area contributed by atoms with E-state index in [1.54, 1.807) is 12.1 Å². The summed E-state index contributed by atoms with van der Waals surface area (Å²) in [6.45, 7) is 0.899. The van der Waals surface area contributed by atoms with Crippen molar-refractivity contribution in [2.75, 3.05) is 6.61 Å². The van der Waals surface area contributed by atoms with E-state index in [-0.39, 0.29) is 6.61 Å². The first-order chi connectivity index (χ1) is 7.51. The highest BCUT2D eigenvalue weighted by atomic mass is 19.4. The molecule has 0 N–H and O–H groups in total. The van der Waals surface area contributed by atoms with Crippen molar-refractivity contribution in [1.82, 2.24) is 0 Å². The molecule has 4 heteroatoms. The maximum atomic E-state index is 11.8. The molecular weight excluding hydrogens is 217 g/mol. The van der Waals surface area contributed by atoms with E-state index in [2.05, 4.69) is 11.7 Å². The van der Waals surface area contributed by atoms with Crippen LogP contribution in [0.4, 0.5) is 13.2 Å². The van der Waals surface area contributed by atoms with Crippen LogP contribution in [0.15, 0.2) is 24.3 Å². The second-order valence-corrected chi connectivity index (χ2v) is 3.67. The van der Waals surface area contributed by atoms with Gasteiger partial charge >= 0.3 is 6.18 Å². The maximum Gasteiger partial charge on any atom is 0.411 e. The van der Waals surface area contributed by atoms with Gasteiger partial charge in [0, 0.05) is 0 Å². The number of alkyl halides is 3. The number of halogens is 3. The van der Waals surface area contributed by atoms with Crippen molar-refractivity contribution < 1.29 is 17.9 Å². The Kier molecular flexibility index (Phi) is 4.80. The molecule has 16 heavy (non-hydrogen) atoms. The molecule has 90 valence electrons. The van der Waals surface area contributed by atoms with E-state index in [9.17, 15) is 13.2 Å². The predicted molar refractivity (Wildman–Crippen MR) is 56.1 cm³/mol. The lowest BCUT2D eigenvalue weighted by atomic mass is 10.1. The van der Waals surface area contributed by atoms with Crippen LogP contribution >= 0.6 is 0 Å². The van der Waals surface area contributed by atoms with E-state index in [0.29, 0.717) is 0 Å². The van der Waals surface area contributed by atoms with E-state index in [0.717, 1.165) is 18.4 Å². The summed E-state index contributed by atoms with van der Waals surface area (Å²) in [5.74, 6) is 0. The van der Waals surface area contributed by atoms with Gasteiger partial charge in [0.25, 0.3) is 0 Å². The smallest absolute Gasteiger partial charge is 0.367 e. The summed E-state index contributed by atoms with van der Waals surface area (Å²) in [5.41, 5.74) is 1.96. The minimum Gasteiger partial charge on any atom is -0.367 e. The lowest BCUT2D eigenvalue weighted by Gasteiger charge is -2.08. The lowest BCUT2D eigenvalue weighted by molar-refractivity contribution is -0.176. The first kappa shape index (κ1) is 13.0. The Morgan fingerprint density at radius 1 is 1.06 bits per heavy atom. The normalized spacial score (nSPS) is 11.8. The van der Waals surface area contributed by atoms with Gasteiger partial charge in [-0.05, 0) is 17.5 Å². The third-order valence-electron chi connectivity index (χ3n) is 2.10. The first-order valence-corrected chi connectivity index (χ1v) is 5.23. The zero-order chi connectivity index (χ0) is 12.0. The number of benzene rings is 1. The summed E-state index contributed by atoms with van der Waals surface area (Å²) >= 11 is 0. The van der Waals surface area contributed by atoms with Gasteiger partial charge in [0.2, 0.25) is 0 Å². The highest BCUT2D eigenvalue weighted by Crippen LogP contribution is 2.16. The van der Waals surface area contributed by atoms with Crippen LogP contribution in [0.5, 0.6) is 0 Å². The van der Waals surface area contributed by atoms with Crippen molar-refractivity contribution in [3.63, 3.8) is 0 Å². The average molecular weight is 232 g/mol. The zero-order valence-corrected chi connectivity index (χ0v) is 9.18. The number of hydrogen-bond acceptors (Lipinski definition) is 1. The standard InChI is InChI=1S/C12H15F3O/c1-2-3-10-4-6-11(7-5-10)8-16-9-12(13,14)15/h4-7H,2-3,8-9H2,1H3. The molecule has 0 aliphatic carbocycles. The number of aryl methyl sites for hydroxylation is 1. The fourth-order valence-corrected chi connectivity index (χ4v) is 1.38. The minimum atomic E-state index is -4.25. The fourth-order valence-electron chi connectivity index (χ4n) is 1.38. The van der Waals surface area contributed by atoms with Gasteiger partial charge < -0.3 is 4.74 Å². The minimum absolute atomic E-state index is 0.00587. The molecule has 0 aliphatic heterocycles. The third kappa shape index (κ3) is 5.16. The predicted octanol–water partition coefficient (Wildman–Crippen LogP) is 3.72. The van der Waals surface area contributed by atoms with Crippen molar-refractivity contribution in [3.8, 4) is 0 Å². The second-order valence-electron chi connectivity index (χ2n) is 3.67. The summed E-state index contributed by atoms with van der Waals surface area (Å²) in [6, 6.07) is 7.47. The first-order valence-electron chi connectivity index (χ1n) is 5.23. The number of rotatable bonds is 5. The quantitative estimate of drug-likeness (QED) is 0.751.